The van der Waals surface area contributed by atoms with Crippen molar-refractivity contribution in [2.45, 2.75) is 5.75 Å². The van der Waals surface area contributed by atoms with Crippen LogP contribution in [0.15, 0.2) is 48.8 Å². The van der Waals surface area contributed by atoms with Gasteiger partial charge in [-0.15, -0.1) is 0 Å². The zero-order valence-electron chi connectivity index (χ0n) is 12.4. The molecule has 0 spiro atoms. The molecule has 118 valence electrons. The lowest BCUT2D eigenvalue weighted by Gasteiger charge is -2.08. The van der Waals surface area contributed by atoms with Crippen LogP contribution in [0.25, 0.3) is 22.2 Å². The van der Waals surface area contributed by atoms with Crippen molar-refractivity contribution in [3.63, 3.8) is 0 Å². The van der Waals surface area contributed by atoms with Crippen LogP contribution < -0.4 is 9.88 Å². The summed E-state index contributed by atoms with van der Waals surface area (Å²) in [5.41, 5.74) is 3.01. The minimum Gasteiger partial charge on any atom is -0.497 e. The number of fused-ring (bicyclic) bond motifs is 1. The van der Waals surface area contributed by atoms with Gasteiger partial charge >= 0.3 is 0 Å². The molecule has 2 N–H and O–H groups in total. The average molecular weight is 329 g/mol. The molecule has 0 saturated heterocycles. The van der Waals surface area contributed by atoms with E-state index in [9.17, 15) is 8.42 Å². The summed E-state index contributed by atoms with van der Waals surface area (Å²) < 4.78 is 27.4. The van der Waals surface area contributed by atoms with Crippen molar-refractivity contribution in [1.82, 2.24) is 9.97 Å². The summed E-state index contributed by atoms with van der Waals surface area (Å²) in [5.74, 6) is 0.507. The molecule has 7 heteroatoms. The molecule has 0 atom stereocenters. The van der Waals surface area contributed by atoms with Gasteiger partial charge in [0, 0.05) is 29.4 Å². The molecule has 0 fully saturated rings. The fourth-order valence-corrected chi connectivity index (χ4v) is 3.02. The van der Waals surface area contributed by atoms with Crippen LogP contribution in [-0.2, 0) is 15.8 Å². The molecule has 0 unspecified atom stereocenters. The zero-order chi connectivity index (χ0) is 16.4. The molecule has 0 bridgehead atoms. The molecule has 3 rings (SSSR count). The van der Waals surface area contributed by atoms with Crippen LogP contribution in [0.2, 0.25) is 0 Å². The van der Waals surface area contributed by atoms with Crippen molar-refractivity contribution in [3.8, 4) is 17.0 Å². The lowest BCUT2D eigenvalue weighted by atomic mass is 10.1. The van der Waals surface area contributed by atoms with E-state index in [0.29, 0.717) is 5.56 Å². The maximum absolute atomic E-state index is 11.1. The molecule has 0 amide bonds. The quantitative estimate of drug-likeness (QED) is 0.791. The van der Waals surface area contributed by atoms with Crippen molar-refractivity contribution < 1.29 is 13.2 Å². The smallest absolute Gasteiger partial charge is 0.213 e. The first-order chi connectivity index (χ1) is 11.0. The maximum atomic E-state index is 11.1. The summed E-state index contributed by atoms with van der Waals surface area (Å²) in [4.78, 5) is 8.69. The van der Waals surface area contributed by atoms with Crippen molar-refractivity contribution in [1.29, 1.82) is 0 Å². The van der Waals surface area contributed by atoms with Crippen LogP contribution in [0.5, 0.6) is 5.75 Å². The number of nitrogens with two attached hydrogens (primary N) is 1. The van der Waals surface area contributed by atoms with Gasteiger partial charge < -0.3 is 4.74 Å². The number of hydrogen-bond acceptors (Lipinski definition) is 5. The number of benzene rings is 1. The number of methoxy groups -OCH3 is 1. The summed E-state index contributed by atoms with van der Waals surface area (Å²) in [5, 5.41) is 5.99. The highest BCUT2D eigenvalue weighted by Gasteiger charge is 2.09. The molecular formula is C16H15N3O3S. The molecule has 1 aromatic carbocycles. The molecule has 23 heavy (non-hydrogen) atoms. The Kier molecular flexibility index (Phi) is 3.97. The van der Waals surface area contributed by atoms with Gasteiger partial charge in [-0.05, 0) is 29.8 Å². The third-order valence-electron chi connectivity index (χ3n) is 3.42. The summed E-state index contributed by atoms with van der Waals surface area (Å²) in [7, 11) is -1.95. The topological polar surface area (TPSA) is 95.2 Å². The van der Waals surface area contributed by atoms with Crippen LogP contribution in [0.1, 0.15) is 5.56 Å². The second-order valence-corrected chi connectivity index (χ2v) is 6.71. The summed E-state index contributed by atoms with van der Waals surface area (Å²) in [6, 6.07) is 11.0. The first-order valence-corrected chi connectivity index (χ1v) is 8.56. The van der Waals surface area contributed by atoms with Crippen molar-refractivity contribution in [2.24, 2.45) is 5.14 Å². The second kappa shape index (κ2) is 5.94. The van der Waals surface area contributed by atoms with Crippen LogP contribution in [0.3, 0.4) is 0 Å². The lowest BCUT2D eigenvalue weighted by molar-refractivity contribution is 0.415. The van der Waals surface area contributed by atoms with Crippen LogP contribution in [0.4, 0.5) is 0 Å². The van der Waals surface area contributed by atoms with Crippen LogP contribution in [0, 0.1) is 0 Å². The van der Waals surface area contributed by atoms with E-state index in [1.165, 1.54) is 6.20 Å². The third-order valence-corrected chi connectivity index (χ3v) is 4.15. The van der Waals surface area contributed by atoms with Gasteiger partial charge in [-0.2, -0.15) is 0 Å². The first kappa shape index (κ1) is 15.4. The van der Waals surface area contributed by atoms with Crippen LogP contribution >= 0.6 is 0 Å². The largest absolute Gasteiger partial charge is 0.497 e. The minimum atomic E-state index is -3.56. The Labute approximate surface area is 134 Å². The Balaban J connectivity index is 2.03. The van der Waals surface area contributed by atoms with Crippen molar-refractivity contribution >= 4 is 20.9 Å². The van der Waals surface area contributed by atoms with E-state index in [-0.39, 0.29) is 5.75 Å². The predicted octanol–water partition coefficient (Wildman–Crippen LogP) is 2.09. The van der Waals surface area contributed by atoms with Gasteiger partial charge in [0.05, 0.1) is 24.1 Å². The Bertz CT molecular complexity index is 954. The summed E-state index contributed by atoms with van der Waals surface area (Å²) >= 11 is 0. The molecule has 0 saturated carbocycles. The molecule has 3 aromatic rings. The molecule has 2 heterocycles. The molecule has 0 aliphatic carbocycles. The second-order valence-electron chi connectivity index (χ2n) is 5.10. The molecule has 6 nitrogen and oxygen atoms in total. The standard InChI is InChI=1S/C16H15N3O3S/c1-22-12-3-4-13-14(6-7-18-16(13)8-12)15-5-2-11(9-19-15)10-23(17,20)21/h2-9H,10H2,1H3,(H2,17,20,21). The molecular weight excluding hydrogens is 314 g/mol. The number of rotatable bonds is 4. The van der Waals surface area contributed by atoms with Gasteiger partial charge in [-0.25, -0.2) is 13.6 Å². The van der Waals surface area contributed by atoms with E-state index in [4.69, 9.17) is 9.88 Å². The van der Waals surface area contributed by atoms with Crippen molar-refractivity contribution in [3.05, 3.63) is 54.4 Å². The number of ether oxygens (including phenoxy) is 1. The van der Waals surface area contributed by atoms with E-state index in [1.54, 1.807) is 25.4 Å². The Morgan fingerprint density at radius 3 is 2.61 bits per heavy atom. The number of primary sulfonamides is 1. The molecule has 0 aliphatic heterocycles. The van der Waals surface area contributed by atoms with E-state index >= 15 is 0 Å². The Hall–Kier alpha value is -2.51. The van der Waals surface area contributed by atoms with E-state index in [1.807, 2.05) is 24.3 Å². The number of sulfonamides is 1. The highest BCUT2D eigenvalue weighted by molar-refractivity contribution is 7.88. The van der Waals surface area contributed by atoms with E-state index < -0.39 is 10.0 Å². The van der Waals surface area contributed by atoms with E-state index in [2.05, 4.69) is 9.97 Å². The SMILES string of the molecule is COc1ccc2c(-c3ccc(CS(N)(=O)=O)cn3)ccnc2c1. The van der Waals surface area contributed by atoms with Gasteiger partial charge in [-0.3, -0.25) is 9.97 Å². The van der Waals surface area contributed by atoms with Gasteiger partial charge in [0.1, 0.15) is 5.75 Å². The predicted molar refractivity (Wildman–Crippen MR) is 88.3 cm³/mol. The first-order valence-electron chi connectivity index (χ1n) is 6.85. The molecule has 0 aliphatic rings. The molecule has 0 radical (unpaired) electrons. The minimum absolute atomic E-state index is 0.228. The highest BCUT2D eigenvalue weighted by Crippen LogP contribution is 2.28. The lowest BCUT2D eigenvalue weighted by Crippen LogP contribution is -2.14. The highest BCUT2D eigenvalue weighted by atomic mass is 32.2. The summed E-state index contributed by atoms with van der Waals surface area (Å²) in [6.45, 7) is 0. The van der Waals surface area contributed by atoms with Crippen LogP contribution in [-0.4, -0.2) is 25.5 Å². The van der Waals surface area contributed by atoms with Gasteiger partial charge in [-0.1, -0.05) is 6.07 Å². The third kappa shape index (κ3) is 3.46. The normalized spacial score (nSPS) is 11.6. The number of pyridine rings is 2. The Morgan fingerprint density at radius 1 is 1.13 bits per heavy atom. The van der Waals surface area contributed by atoms with E-state index in [0.717, 1.165) is 27.9 Å². The van der Waals surface area contributed by atoms with Crippen molar-refractivity contribution in [2.75, 3.05) is 7.11 Å². The summed E-state index contributed by atoms with van der Waals surface area (Å²) in [6.07, 6.45) is 3.23. The fraction of sp³-hybridized carbons (Fsp3) is 0.125. The van der Waals surface area contributed by atoms with Gasteiger partial charge in [0.2, 0.25) is 10.0 Å². The molecule has 2 aromatic heterocycles. The number of hydrogen-bond donors (Lipinski definition) is 1. The van der Waals surface area contributed by atoms with Gasteiger partial charge in [0.25, 0.3) is 0 Å². The monoisotopic (exact) mass is 329 g/mol. The maximum Gasteiger partial charge on any atom is 0.213 e. The number of aromatic nitrogens is 2. The van der Waals surface area contributed by atoms with Gasteiger partial charge in [0.15, 0.2) is 0 Å². The number of nitrogens with zero attached hydrogens (tertiary/aromatic N) is 2. The Morgan fingerprint density at radius 2 is 1.96 bits per heavy atom. The fourth-order valence-electron chi connectivity index (χ4n) is 2.38. The average Bonchev–Trinajstić information content (AvgIpc) is 2.53. The zero-order valence-corrected chi connectivity index (χ0v) is 13.2.